The predicted molar refractivity (Wildman–Crippen MR) is 250 cm³/mol. The number of amides is 3. The molecule has 0 radical (unpaired) electrons. The first-order chi connectivity index (χ1) is 30.7. The molecule has 3 aromatic carbocycles. The van der Waals surface area contributed by atoms with E-state index >= 15 is 0 Å². The molecule has 330 valence electrons. The van der Waals surface area contributed by atoms with Crippen LogP contribution in [0.25, 0.3) is 26.6 Å². The number of carbonyl (C=O) groups excluding carboxylic acids is 4. The van der Waals surface area contributed by atoms with Crippen LogP contribution in [0.4, 0.5) is 0 Å². The Morgan fingerprint density at radius 2 is 1.50 bits per heavy atom. The van der Waals surface area contributed by atoms with Crippen LogP contribution in [0.2, 0.25) is 0 Å². The van der Waals surface area contributed by atoms with Gasteiger partial charge in [-0.1, -0.05) is 74.5 Å². The summed E-state index contributed by atoms with van der Waals surface area (Å²) in [7, 11) is 1.37. The molecule has 2 aliphatic heterocycles. The lowest BCUT2D eigenvalue weighted by Gasteiger charge is -2.31. The molecule has 2 N–H and O–H groups in total. The summed E-state index contributed by atoms with van der Waals surface area (Å²) in [5.74, 6) is -0.119. The highest BCUT2D eigenvalue weighted by Crippen LogP contribution is 2.40. The fourth-order valence-electron chi connectivity index (χ4n) is 8.52. The molecule has 3 aromatic heterocycles. The van der Waals surface area contributed by atoms with E-state index in [0.29, 0.717) is 30.8 Å². The summed E-state index contributed by atoms with van der Waals surface area (Å²) in [5, 5.41) is 15.9. The molecule has 0 saturated carbocycles. The molecule has 6 aromatic rings. The molecule has 2 unspecified atom stereocenters. The molecule has 5 heterocycles. The van der Waals surface area contributed by atoms with Crippen molar-refractivity contribution in [1.29, 1.82) is 0 Å². The Balaban J connectivity index is 0.941. The monoisotopic (exact) mass is 896 g/mol. The summed E-state index contributed by atoms with van der Waals surface area (Å²) in [6.45, 7) is 14.2. The van der Waals surface area contributed by atoms with Gasteiger partial charge in [-0.2, -0.15) is 0 Å². The number of likely N-dealkylation sites (tertiary alicyclic amines) is 1. The molecule has 4 atom stereocenters. The highest BCUT2D eigenvalue weighted by atomic mass is 32.1. The first-order valence-corrected chi connectivity index (χ1v) is 23.2. The van der Waals surface area contributed by atoms with Crippen LogP contribution in [0.15, 0.2) is 83.3 Å². The average Bonchev–Trinajstić information content (AvgIpc) is 4.09. The van der Waals surface area contributed by atoms with Crippen molar-refractivity contribution in [2.45, 2.75) is 91.9 Å². The van der Waals surface area contributed by atoms with Crippen LogP contribution in [-0.4, -0.2) is 79.8 Å². The van der Waals surface area contributed by atoms with E-state index in [1.54, 1.807) is 39.7 Å². The maximum absolute atomic E-state index is 14.1. The quantitative estimate of drug-likeness (QED) is 0.116. The summed E-state index contributed by atoms with van der Waals surface area (Å²) in [6, 6.07) is 21.2. The van der Waals surface area contributed by atoms with Crippen molar-refractivity contribution in [1.82, 2.24) is 35.3 Å². The highest BCUT2D eigenvalue weighted by Gasteiger charge is 2.39. The number of aromatic nitrogens is 4. The molecule has 0 aliphatic carbocycles. The normalized spacial score (nSPS) is 16.6. The zero-order valence-electron chi connectivity index (χ0n) is 37.3. The van der Waals surface area contributed by atoms with E-state index in [1.165, 1.54) is 7.11 Å². The van der Waals surface area contributed by atoms with Crippen LogP contribution < -0.4 is 10.6 Å². The van der Waals surface area contributed by atoms with Crippen molar-refractivity contribution >= 4 is 52.1 Å². The van der Waals surface area contributed by atoms with E-state index in [9.17, 15) is 19.2 Å². The van der Waals surface area contributed by atoms with Crippen molar-refractivity contribution in [3.05, 3.63) is 128 Å². The van der Waals surface area contributed by atoms with Crippen LogP contribution in [0, 0.1) is 33.6 Å². The smallest absolute Gasteiger partial charge is 0.308 e. The van der Waals surface area contributed by atoms with Gasteiger partial charge in [-0.3, -0.25) is 28.7 Å². The lowest BCUT2D eigenvalue weighted by molar-refractivity contribution is -0.141. The molecule has 8 rings (SSSR count). The Bertz CT molecular complexity index is 2750. The zero-order chi connectivity index (χ0) is 45.4. The highest BCUT2D eigenvalue weighted by molar-refractivity contribution is 7.15. The number of fused-ring (bicyclic) bond motifs is 3. The van der Waals surface area contributed by atoms with E-state index in [2.05, 4.69) is 39.7 Å². The summed E-state index contributed by atoms with van der Waals surface area (Å²) in [6.07, 6.45) is 1.27. The number of carbonyl (C=O) groups is 4. The van der Waals surface area contributed by atoms with Crippen molar-refractivity contribution < 1.29 is 23.9 Å². The molecule has 0 spiro atoms. The lowest BCUT2D eigenvalue weighted by Crippen LogP contribution is -2.55. The molecule has 1 saturated heterocycles. The maximum atomic E-state index is 14.1. The molecule has 15 heteroatoms. The first-order valence-electron chi connectivity index (χ1n) is 21.5. The van der Waals surface area contributed by atoms with E-state index in [0.717, 1.165) is 70.9 Å². The topological polar surface area (TPSA) is 161 Å². The standard InChI is InChI=1S/C49H52N8O5S2/c1-26(2)42(48(61)56-23-9-10-39(56)47(60)51-28(4)32-11-19-36(20-12-32)44-29(5)50-25-63-44)53-46(59)37-21-15-34(16-22-37)33-13-17-35(18-14-33)43-41-27(3)30(6)64-49(41)57-31(7)54-55-45(57)38(52-43)24-40(58)62-8/h11-22,25-26,28,38-39,42H,9-10,23-24H2,1-8H3,(H,51,60)(H,53,59)/t28-,38?,39-,42?/m0/s1. The summed E-state index contributed by atoms with van der Waals surface area (Å²) in [5.41, 5.74) is 10.9. The number of rotatable bonds is 12. The number of hydrogen-bond donors (Lipinski definition) is 2. The van der Waals surface area contributed by atoms with Gasteiger partial charge in [-0.05, 0) is 93.3 Å². The largest absolute Gasteiger partial charge is 0.469 e. The van der Waals surface area contributed by atoms with E-state index < -0.39 is 18.1 Å². The van der Waals surface area contributed by atoms with Gasteiger partial charge < -0.3 is 20.3 Å². The number of esters is 1. The predicted octanol–water partition coefficient (Wildman–Crippen LogP) is 8.43. The number of thiophene rings is 1. The minimum absolute atomic E-state index is 0.0238. The first kappa shape index (κ1) is 44.3. The number of methoxy groups -OCH3 is 1. The third kappa shape index (κ3) is 8.66. The second-order valence-corrected chi connectivity index (χ2v) is 18.9. The van der Waals surface area contributed by atoms with Crippen LogP contribution >= 0.6 is 22.7 Å². The second kappa shape index (κ2) is 18.4. The van der Waals surface area contributed by atoms with Gasteiger partial charge in [0.25, 0.3) is 5.91 Å². The number of aryl methyl sites for hydroxylation is 3. The molecular weight excluding hydrogens is 845 g/mol. The average molecular weight is 897 g/mol. The van der Waals surface area contributed by atoms with Crippen molar-refractivity contribution in [2.24, 2.45) is 10.9 Å². The van der Waals surface area contributed by atoms with E-state index in [4.69, 9.17) is 9.73 Å². The number of aliphatic imine (C=N–C) groups is 1. The summed E-state index contributed by atoms with van der Waals surface area (Å²) < 4.78 is 7.04. The van der Waals surface area contributed by atoms with E-state index in [1.807, 2.05) is 105 Å². The molecule has 0 bridgehead atoms. The van der Waals surface area contributed by atoms with Gasteiger partial charge in [0.05, 0.1) is 41.4 Å². The number of nitrogens with one attached hydrogen (secondary N) is 2. The molecule has 13 nitrogen and oxygen atoms in total. The SMILES string of the molecule is COC(=O)CC1N=C(c2ccc(-c3ccc(C(=O)NC(C(=O)N4CCC[C@H]4C(=O)N[C@@H](C)c4ccc(-c5scnc5C)cc4)C(C)C)cc3)cc2)c2c(sc(C)c2C)-n2c(C)nnc21. The minimum Gasteiger partial charge on any atom is -0.469 e. The Labute approximate surface area is 381 Å². The van der Waals surface area contributed by atoms with Crippen LogP contribution in [0.3, 0.4) is 0 Å². The molecule has 1 fully saturated rings. The molecule has 64 heavy (non-hydrogen) atoms. The van der Waals surface area contributed by atoms with Crippen molar-refractivity contribution in [2.75, 3.05) is 13.7 Å². The Kier molecular flexibility index (Phi) is 12.7. The van der Waals surface area contributed by atoms with Gasteiger partial charge in [0.2, 0.25) is 11.8 Å². The summed E-state index contributed by atoms with van der Waals surface area (Å²) >= 11 is 3.25. The molecule has 2 aliphatic rings. The van der Waals surface area contributed by atoms with Gasteiger partial charge in [-0.25, -0.2) is 4.98 Å². The maximum Gasteiger partial charge on any atom is 0.308 e. The Morgan fingerprint density at radius 1 is 0.844 bits per heavy atom. The third-order valence-corrected chi connectivity index (χ3v) is 14.5. The number of benzene rings is 3. The lowest BCUT2D eigenvalue weighted by atomic mass is 9.96. The number of ether oxygens (including phenoxy) is 1. The second-order valence-electron chi connectivity index (χ2n) is 16.8. The fraction of sp³-hybridized carbons (Fsp3) is 0.347. The number of thiazole rings is 1. The van der Waals surface area contributed by atoms with Crippen LogP contribution in [-0.2, 0) is 19.1 Å². The number of hydrogen-bond acceptors (Lipinski definition) is 11. The Morgan fingerprint density at radius 3 is 2.14 bits per heavy atom. The van der Waals surface area contributed by atoms with Gasteiger partial charge in [0, 0.05) is 28.1 Å². The van der Waals surface area contributed by atoms with Gasteiger partial charge in [-0.15, -0.1) is 32.9 Å². The minimum atomic E-state index is -0.816. The zero-order valence-corrected chi connectivity index (χ0v) is 38.9. The van der Waals surface area contributed by atoms with Crippen LogP contribution in [0.1, 0.15) is 107 Å². The van der Waals surface area contributed by atoms with Crippen LogP contribution in [0.5, 0.6) is 0 Å². The van der Waals surface area contributed by atoms with Crippen molar-refractivity contribution in [3.63, 3.8) is 0 Å². The summed E-state index contributed by atoms with van der Waals surface area (Å²) in [4.78, 5) is 67.5. The number of nitrogens with zero attached hydrogens (tertiary/aromatic N) is 6. The fourth-order valence-corrected chi connectivity index (χ4v) is 10.5. The van der Waals surface area contributed by atoms with Gasteiger partial charge in [0.15, 0.2) is 5.82 Å². The third-order valence-electron chi connectivity index (χ3n) is 12.3. The molecular formula is C49H52N8O5S2. The van der Waals surface area contributed by atoms with Gasteiger partial charge in [0.1, 0.15) is 29.0 Å². The molecule has 3 amide bonds. The van der Waals surface area contributed by atoms with Gasteiger partial charge >= 0.3 is 5.97 Å². The van der Waals surface area contributed by atoms with Crippen molar-refractivity contribution in [3.8, 4) is 26.6 Å². The Hall–Kier alpha value is -6.32. The van der Waals surface area contributed by atoms with E-state index in [-0.39, 0.29) is 42.1 Å².